The van der Waals surface area contributed by atoms with Gasteiger partial charge in [-0.05, 0) is 30.8 Å². The van der Waals surface area contributed by atoms with E-state index < -0.39 is 0 Å². The quantitative estimate of drug-likeness (QED) is 0.804. The van der Waals surface area contributed by atoms with Crippen molar-refractivity contribution in [3.05, 3.63) is 35.7 Å². The summed E-state index contributed by atoms with van der Waals surface area (Å²) in [7, 11) is 0. The summed E-state index contributed by atoms with van der Waals surface area (Å²) in [6.45, 7) is 1.85. The summed E-state index contributed by atoms with van der Waals surface area (Å²) in [5, 5.41) is 9.36. The van der Waals surface area contributed by atoms with Gasteiger partial charge in [0.15, 0.2) is 0 Å². The van der Waals surface area contributed by atoms with Crippen molar-refractivity contribution < 1.29 is 4.42 Å². The summed E-state index contributed by atoms with van der Waals surface area (Å²) in [6, 6.07) is 7.34. The number of oxazole rings is 1. The zero-order valence-electron chi connectivity index (χ0n) is 8.60. The van der Waals surface area contributed by atoms with Crippen LogP contribution in [0.15, 0.2) is 39.0 Å². The molecular weight excluding hydrogens is 222 g/mol. The summed E-state index contributed by atoms with van der Waals surface area (Å²) >= 11 is 1.31. The van der Waals surface area contributed by atoms with Crippen LogP contribution in [0.1, 0.15) is 11.3 Å². The Kier molecular flexibility index (Phi) is 2.84. The second-order valence-corrected chi connectivity index (χ2v) is 4.18. The van der Waals surface area contributed by atoms with E-state index in [0.29, 0.717) is 16.5 Å². The Balaban J connectivity index is 2.32. The lowest BCUT2D eigenvalue weighted by atomic mass is 10.2. The first-order valence-corrected chi connectivity index (χ1v) is 5.41. The number of benzene rings is 1. The number of nitrogens with two attached hydrogens (primary N) is 1. The fourth-order valence-corrected chi connectivity index (χ4v) is 2.04. The van der Waals surface area contributed by atoms with Gasteiger partial charge < -0.3 is 10.2 Å². The van der Waals surface area contributed by atoms with Gasteiger partial charge in [0.25, 0.3) is 5.22 Å². The van der Waals surface area contributed by atoms with Gasteiger partial charge in [0.1, 0.15) is 12.3 Å². The Hall–Kier alpha value is -1.93. The molecule has 0 aliphatic carbocycles. The van der Waals surface area contributed by atoms with E-state index in [9.17, 15) is 0 Å². The highest BCUT2D eigenvalue weighted by molar-refractivity contribution is 7.99. The minimum atomic E-state index is 0.464. The summed E-state index contributed by atoms with van der Waals surface area (Å²) in [5.41, 5.74) is 7.58. The number of aryl methyl sites for hydroxylation is 1. The standard InChI is InChI=1S/C11H9N3OS/c1-7-6-15-11(14-7)16-9-4-2-3-8(5-12)10(9)13/h2-4,6H,13H2,1H3. The van der Waals surface area contributed by atoms with Gasteiger partial charge >= 0.3 is 0 Å². The van der Waals surface area contributed by atoms with Gasteiger partial charge in [0, 0.05) is 4.90 Å². The van der Waals surface area contributed by atoms with Crippen LogP contribution in [-0.2, 0) is 0 Å². The van der Waals surface area contributed by atoms with Crippen molar-refractivity contribution in [1.82, 2.24) is 4.98 Å². The lowest BCUT2D eigenvalue weighted by Gasteiger charge is -2.03. The van der Waals surface area contributed by atoms with E-state index in [-0.39, 0.29) is 0 Å². The molecule has 1 heterocycles. The van der Waals surface area contributed by atoms with Crippen LogP contribution < -0.4 is 5.73 Å². The predicted octanol–water partition coefficient (Wildman–Crippen LogP) is 2.59. The molecule has 0 saturated heterocycles. The van der Waals surface area contributed by atoms with Gasteiger partial charge in [-0.1, -0.05) is 6.07 Å². The molecule has 0 radical (unpaired) electrons. The number of hydrogen-bond donors (Lipinski definition) is 1. The summed E-state index contributed by atoms with van der Waals surface area (Å²) in [4.78, 5) is 4.94. The molecule has 0 aliphatic rings. The maximum Gasteiger partial charge on any atom is 0.260 e. The highest BCUT2D eigenvalue weighted by Gasteiger charge is 2.09. The van der Waals surface area contributed by atoms with Crippen LogP contribution in [0.25, 0.3) is 0 Å². The van der Waals surface area contributed by atoms with E-state index in [0.717, 1.165) is 10.6 Å². The molecule has 0 bridgehead atoms. The Morgan fingerprint density at radius 3 is 2.94 bits per heavy atom. The third-order valence-electron chi connectivity index (χ3n) is 1.98. The minimum absolute atomic E-state index is 0.464. The monoisotopic (exact) mass is 231 g/mol. The van der Waals surface area contributed by atoms with E-state index in [1.54, 1.807) is 18.4 Å². The summed E-state index contributed by atoms with van der Waals surface area (Å²) in [5.74, 6) is 0. The van der Waals surface area contributed by atoms with E-state index >= 15 is 0 Å². The van der Waals surface area contributed by atoms with Crippen LogP contribution in [0.2, 0.25) is 0 Å². The van der Waals surface area contributed by atoms with Crippen molar-refractivity contribution in [2.45, 2.75) is 17.0 Å². The Labute approximate surface area is 97.1 Å². The minimum Gasteiger partial charge on any atom is -0.439 e. The van der Waals surface area contributed by atoms with Gasteiger partial charge in [-0.2, -0.15) is 5.26 Å². The molecule has 0 aliphatic heterocycles. The second-order valence-electron chi connectivity index (χ2n) is 3.19. The number of nitrogen functional groups attached to an aromatic ring is 1. The van der Waals surface area contributed by atoms with Gasteiger partial charge in [-0.3, -0.25) is 0 Å². The lowest BCUT2D eigenvalue weighted by molar-refractivity contribution is 0.454. The normalized spacial score (nSPS) is 10.0. The Morgan fingerprint density at radius 2 is 2.31 bits per heavy atom. The zero-order valence-corrected chi connectivity index (χ0v) is 9.41. The molecule has 80 valence electrons. The lowest BCUT2D eigenvalue weighted by Crippen LogP contribution is -1.92. The number of rotatable bonds is 2. The highest BCUT2D eigenvalue weighted by atomic mass is 32.2. The van der Waals surface area contributed by atoms with Crippen LogP contribution in [0, 0.1) is 18.3 Å². The van der Waals surface area contributed by atoms with Crippen molar-refractivity contribution >= 4 is 17.4 Å². The molecule has 2 aromatic rings. The molecule has 5 heteroatoms. The van der Waals surface area contributed by atoms with Crippen LogP contribution in [0.4, 0.5) is 5.69 Å². The first-order chi connectivity index (χ1) is 7.70. The third-order valence-corrected chi connectivity index (χ3v) is 2.92. The van der Waals surface area contributed by atoms with Crippen molar-refractivity contribution in [2.24, 2.45) is 0 Å². The Bertz CT molecular complexity index is 557. The number of aromatic nitrogens is 1. The molecule has 1 aromatic carbocycles. The average molecular weight is 231 g/mol. The summed E-state index contributed by atoms with van der Waals surface area (Å²) in [6.07, 6.45) is 1.58. The maximum atomic E-state index is 8.83. The van der Waals surface area contributed by atoms with Crippen LogP contribution in [-0.4, -0.2) is 4.98 Å². The van der Waals surface area contributed by atoms with Gasteiger partial charge in [0.2, 0.25) is 0 Å². The molecule has 16 heavy (non-hydrogen) atoms. The molecule has 1 aromatic heterocycles. The molecule has 4 nitrogen and oxygen atoms in total. The van der Waals surface area contributed by atoms with E-state index in [1.165, 1.54) is 11.8 Å². The number of nitrogens with zero attached hydrogens (tertiary/aromatic N) is 2. The van der Waals surface area contributed by atoms with E-state index in [1.807, 2.05) is 19.1 Å². The molecule has 0 amide bonds. The molecule has 2 rings (SSSR count). The van der Waals surface area contributed by atoms with Crippen LogP contribution in [0.3, 0.4) is 0 Å². The van der Waals surface area contributed by atoms with Gasteiger partial charge in [-0.15, -0.1) is 0 Å². The number of para-hydroxylation sites is 1. The van der Waals surface area contributed by atoms with Crippen molar-refractivity contribution in [2.75, 3.05) is 5.73 Å². The fraction of sp³-hybridized carbons (Fsp3) is 0.0909. The number of anilines is 1. The van der Waals surface area contributed by atoms with Crippen molar-refractivity contribution in [1.29, 1.82) is 5.26 Å². The SMILES string of the molecule is Cc1coc(Sc2cccc(C#N)c2N)n1. The topological polar surface area (TPSA) is 75.8 Å². The van der Waals surface area contributed by atoms with Crippen molar-refractivity contribution in [3.63, 3.8) is 0 Å². The van der Waals surface area contributed by atoms with Gasteiger partial charge in [-0.25, -0.2) is 4.98 Å². The molecule has 0 fully saturated rings. The largest absolute Gasteiger partial charge is 0.439 e. The smallest absolute Gasteiger partial charge is 0.260 e. The zero-order chi connectivity index (χ0) is 11.5. The third kappa shape index (κ3) is 2.02. The van der Waals surface area contributed by atoms with Crippen LogP contribution >= 0.6 is 11.8 Å². The first kappa shape index (κ1) is 10.6. The highest BCUT2D eigenvalue weighted by Crippen LogP contribution is 2.32. The second kappa shape index (κ2) is 4.29. The first-order valence-electron chi connectivity index (χ1n) is 4.59. The average Bonchev–Trinajstić information content (AvgIpc) is 2.67. The van der Waals surface area contributed by atoms with Gasteiger partial charge in [0.05, 0.1) is 16.9 Å². The van der Waals surface area contributed by atoms with Crippen LogP contribution in [0.5, 0.6) is 0 Å². The number of nitriles is 1. The fourth-order valence-electron chi connectivity index (χ4n) is 1.20. The molecule has 0 spiro atoms. The maximum absolute atomic E-state index is 8.83. The van der Waals surface area contributed by atoms with E-state index in [2.05, 4.69) is 4.98 Å². The van der Waals surface area contributed by atoms with Crippen molar-refractivity contribution in [3.8, 4) is 6.07 Å². The molecule has 2 N–H and O–H groups in total. The molecule has 0 atom stereocenters. The molecule has 0 unspecified atom stereocenters. The summed E-state index contributed by atoms with van der Waals surface area (Å²) < 4.78 is 5.21. The Morgan fingerprint density at radius 1 is 1.50 bits per heavy atom. The number of hydrogen-bond acceptors (Lipinski definition) is 5. The predicted molar refractivity (Wildman–Crippen MR) is 60.9 cm³/mol. The van der Waals surface area contributed by atoms with E-state index in [4.69, 9.17) is 15.4 Å². The molecular formula is C11H9N3OS. The molecule has 0 saturated carbocycles.